The molecule has 0 unspecified atom stereocenters. The predicted molar refractivity (Wildman–Crippen MR) is 76.1 cm³/mol. The molecule has 2 aromatic carbocycles. The van der Waals surface area contributed by atoms with Gasteiger partial charge in [-0.25, -0.2) is 4.79 Å². The van der Waals surface area contributed by atoms with Gasteiger partial charge in [0, 0.05) is 10.6 Å². The van der Waals surface area contributed by atoms with Gasteiger partial charge in [-0.15, -0.1) is 0 Å². The Kier molecular flexibility index (Phi) is 4.15. The van der Waals surface area contributed by atoms with Crippen LogP contribution in [-0.4, -0.2) is 17.3 Å². The van der Waals surface area contributed by atoms with E-state index in [-0.39, 0.29) is 5.56 Å². The highest BCUT2D eigenvalue weighted by molar-refractivity contribution is 6.33. The number of para-hydroxylation sites is 1. The Labute approximate surface area is 115 Å². The maximum Gasteiger partial charge on any atom is 0.337 e. The fourth-order valence-corrected chi connectivity index (χ4v) is 1.70. The van der Waals surface area contributed by atoms with Gasteiger partial charge in [0.25, 0.3) is 0 Å². The first-order chi connectivity index (χ1) is 9.18. The highest BCUT2D eigenvalue weighted by Crippen LogP contribution is 2.15. The zero-order chi connectivity index (χ0) is 13.7. The SMILES string of the molecule is O=C(O)c1ccccc1N/N=C/c1ccccc1Cl. The van der Waals surface area contributed by atoms with Gasteiger partial charge in [0.15, 0.2) is 0 Å². The number of carbonyl (C=O) groups is 1. The number of carboxylic acid groups (broad SMARTS) is 1. The Hall–Kier alpha value is -2.33. The summed E-state index contributed by atoms with van der Waals surface area (Å²) in [5.41, 5.74) is 4.05. The largest absolute Gasteiger partial charge is 0.478 e. The third-order valence-corrected chi connectivity index (χ3v) is 2.80. The minimum atomic E-state index is -1.00. The fourth-order valence-electron chi connectivity index (χ4n) is 1.52. The second kappa shape index (κ2) is 6.02. The van der Waals surface area contributed by atoms with Gasteiger partial charge in [-0.05, 0) is 18.2 Å². The maximum atomic E-state index is 11.0. The van der Waals surface area contributed by atoms with Gasteiger partial charge in [-0.3, -0.25) is 5.43 Å². The third kappa shape index (κ3) is 3.33. The van der Waals surface area contributed by atoms with E-state index in [1.54, 1.807) is 30.5 Å². The summed E-state index contributed by atoms with van der Waals surface area (Å²) in [7, 11) is 0. The van der Waals surface area contributed by atoms with E-state index in [1.807, 2.05) is 18.2 Å². The first-order valence-electron chi connectivity index (χ1n) is 5.54. The Morgan fingerprint density at radius 1 is 1.16 bits per heavy atom. The zero-order valence-corrected chi connectivity index (χ0v) is 10.6. The molecule has 4 nitrogen and oxygen atoms in total. The number of nitrogens with one attached hydrogen (secondary N) is 1. The number of anilines is 1. The Balaban J connectivity index is 2.15. The lowest BCUT2D eigenvalue weighted by molar-refractivity contribution is 0.0698. The standard InChI is InChI=1S/C14H11ClN2O2/c15-12-7-3-1-5-10(12)9-16-17-13-8-4-2-6-11(13)14(18)19/h1-9,17H,(H,18,19)/b16-9+. The van der Waals surface area contributed by atoms with Crippen molar-refractivity contribution in [2.45, 2.75) is 0 Å². The lowest BCUT2D eigenvalue weighted by Gasteiger charge is -2.04. The molecule has 19 heavy (non-hydrogen) atoms. The van der Waals surface area contributed by atoms with Gasteiger partial charge in [0.05, 0.1) is 17.5 Å². The molecule has 0 aliphatic carbocycles. The van der Waals surface area contributed by atoms with Gasteiger partial charge in [-0.2, -0.15) is 5.10 Å². The molecule has 0 bridgehead atoms. The monoisotopic (exact) mass is 274 g/mol. The van der Waals surface area contributed by atoms with Gasteiger partial charge in [0.1, 0.15) is 0 Å². The molecule has 0 radical (unpaired) electrons. The minimum absolute atomic E-state index is 0.166. The quantitative estimate of drug-likeness (QED) is 0.663. The maximum absolute atomic E-state index is 11.0. The van der Waals surface area contributed by atoms with E-state index in [1.165, 1.54) is 6.07 Å². The summed E-state index contributed by atoms with van der Waals surface area (Å²) in [6.45, 7) is 0. The van der Waals surface area contributed by atoms with Crippen molar-refractivity contribution in [1.82, 2.24) is 0 Å². The second-order valence-electron chi connectivity index (χ2n) is 3.74. The van der Waals surface area contributed by atoms with Crippen molar-refractivity contribution < 1.29 is 9.90 Å². The van der Waals surface area contributed by atoms with E-state index < -0.39 is 5.97 Å². The molecule has 0 saturated heterocycles. The molecule has 0 fully saturated rings. The smallest absolute Gasteiger partial charge is 0.337 e. The first kappa shape index (κ1) is 13.1. The minimum Gasteiger partial charge on any atom is -0.478 e. The first-order valence-corrected chi connectivity index (χ1v) is 5.92. The molecule has 0 aromatic heterocycles. The topological polar surface area (TPSA) is 61.7 Å². The number of benzene rings is 2. The van der Waals surface area contributed by atoms with Crippen molar-refractivity contribution in [2.75, 3.05) is 5.43 Å². The average molecular weight is 275 g/mol. The summed E-state index contributed by atoms with van der Waals surface area (Å²) < 4.78 is 0. The summed E-state index contributed by atoms with van der Waals surface area (Å²) in [5.74, 6) is -1.00. The van der Waals surface area contributed by atoms with Crippen LogP contribution in [-0.2, 0) is 0 Å². The van der Waals surface area contributed by atoms with E-state index in [2.05, 4.69) is 10.5 Å². The van der Waals surface area contributed by atoms with Gasteiger partial charge >= 0.3 is 5.97 Å². The number of halogens is 1. The molecule has 2 rings (SSSR count). The normalized spacial score (nSPS) is 10.6. The fraction of sp³-hybridized carbons (Fsp3) is 0. The highest BCUT2D eigenvalue weighted by Gasteiger charge is 2.07. The molecule has 0 spiro atoms. The summed E-state index contributed by atoms with van der Waals surface area (Å²) >= 11 is 5.97. The summed E-state index contributed by atoms with van der Waals surface area (Å²) in [6, 6.07) is 13.8. The molecule has 5 heteroatoms. The third-order valence-electron chi connectivity index (χ3n) is 2.45. The zero-order valence-electron chi connectivity index (χ0n) is 9.88. The van der Waals surface area contributed by atoms with Crippen molar-refractivity contribution in [3.63, 3.8) is 0 Å². The molecule has 96 valence electrons. The van der Waals surface area contributed by atoms with Crippen LogP contribution < -0.4 is 5.43 Å². The van der Waals surface area contributed by atoms with Crippen LogP contribution >= 0.6 is 11.6 Å². The number of aromatic carboxylic acids is 1. The molecular weight excluding hydrogens is 264 g/mol. The van der Waals surface area contributed by atoms with Crippen LogP contribution in [0.5, 0.6) is 0 Å². The molecular formula is C14H11ClN2O2. The van der Waals surface area contributed by atoms with E-state index in [4.69, 9.17) is 16.7 Å². The van der Waals surface area contributed by atoms with Crippen molar-refractivity contribution in [1.29, 1.82) is 0 Å². The Morgan fingerprint density at radius 2 is 1.84 bits per heavy atom. The molecule has 2 N–H and O–H groups in total. The molecule has 0 aliphatic rings. The van der Waals surface area contributed by atoms with E-state index in [0.29, 0.717) is 10.7 Å². The van der Waals surface area contributed by atoms with Crippen molar-refractivity contribution in [3.8, 4) is 0 Å². The van der Waals surface area contributed by atoms with Crippen LogP contribution in [0.1, 0.15) is 15.9 Å². The van der Waals surface area contributed by atoms with Crippen LogP contribution in [0.2, 0.25) is 5.02 Å². The number of carboxylic acids is 1. The van der Waals surface area contributed by atoms with Crippen LogP contribution in [0.25, 0.3) is 0 Å². The summed E-state index contributed by atoms with van der Waals surface area (Å²) in [5, 5.41) is 13.6. The Morgan fingerprint density at radius 3 is 2.58 bits per heavy atom. The predicted octanol–water partition coefficient (Wildman–Crippen LogP) is 3.48. The molecule has 0 heterocycles. The molecule has 0 aliphatic heterocycles. The lowest BCUT2D eigenvalue weighted by atomic mass is 10.2. The average Bonchev–Trinajstić information content (AvgIpc) is 2.41. The molecule has 2 aromatic rings. The van der Waals surface area contributed by atoms with Crippen molar-refractivity contribution >= 4 is 29.5 Å². The number of nitrogens with zero attached hydrogens (tertiary/aromatic N) is 1. The van der Waals surface area contributed by atoms with E-state index in [0.717, 1.165) is 5.56 Å². The van der Waals surface area contributed by atoms with Crippen LogP contribution in [0, 0.1) is 0 Å². The van der Waals surface area contributed by atoms with Gasteiger partial charge < -0.3 is 5.11 Å². The van der Waals surface area contributed by atoms with Crippen LogP contribution in [0.15, 0.2) is 53.6 Å². The van der Waals surface area contributed by atoms with Crippen molar-refractivity contribution in [3.05, 3.63) is 64.7 Å². The number of hydrogen-bond acceptors (Lipinski definition) is 3. The molecule has 0 amide bonds. The van der Waals surface area contributed by atoms with Crippen LogP contribution in [0.3, 0.4) is 0 Å². The second-order valence-corrected chi connectivity index (χ2v) is 4.15. The van der Waals surface area contributed by atoms with Crippen molar-refractivity contribution in [2.24, 2.45) is 5.10 Å². The summed E-state index contributed by atoms with van der Waals surface area (Å²) in [4.78, 5) is 11.0. The van der Waals surface area contributed by atoms with E-state index >= 15 is 0 Å². The van der Waals surface area contributed by atoms with Gasteiger partial charge in [0.2, 0.25) is 0 Å². The lowest BCUT2D eigenvalue weighted by Crippen LogP contribution is -2.02. The summed E-state index contributed by atoms with van der Waals surface area (Å²) in [6.07, 6.45) is 1.54. The van der Waals surface area contributed by atoms with Crippen LogP contribution in [0.4, 0.5) is 5.69 Å². The van der Waals surface area contributed by atoms with E-state index in [9.17, 15) is 4.79 Å². The highest BCUT2D eigenvalue weighted by atomic mass is 35.5. The number of hydrogen-bond donors (Lipinski definition) is 2. The number of rotatable bonds is 4. The number of hydrazone groups is 1. The van der Waals surface area contributed by atoms with Gasteiger partial charge in [-0.1, -0.05) is 41.9 Å². The Bertz CT molecular complexity index is 626. The molecule has 0 saturated carbocycles. The molecule has 0 atom stereocenters.